The molecule has 4 heteroatoms. The van der Waals surface area contributed by atoms with Gasteiger partial charge in [0.05, 0.1) is 19.2 Å². The van der Waals surface area contributed by atoms with Gasteiger partial charge in [0.15, 0.2) is 0 Å². The number of aliphatic hydroxyl groups excluding tert-OH is 1. The Morgan fingerprint density at radius 1 is 1.29 bits per heavy atom. The van der Waals surface area contributed by atoms with E-state index in [1.165, 1.54) is 0 Å². The molecule has 0 aromatic rings. The SMILES string of the molecule is CC(C)NCC(=O)NC(CO)C(C)C. The maximum absolute atomic E-state index is 11.3. The fourth-order valence-corrected chi connectivity index (χ4v) is 0.978. The van der Waals surface area contributed by atoms with Gasteiger partial charge in [0, 0.05) is 6.04 Å². The quantitative estimate of drug-likeness (QED) is 0.573. The van der Waals surface area contributed by atoms with Gasteiger partial charge in [-0.2, -0.15) is 0 Å². The first-order valence-corrected chi connectivity index (χ1v) is 5.11. The number of aliphatic hydroxyl groups is 1. The van der Waals surface area contributed by atoms with E-state index in [4.69, 9.17) is 5.11 Å². The van der Waals surface area contributed by atoms with Crippen LogP contribution in [0.15, 0.2) is 0 Å². The Balaban J connectivity index is 3.79. The van der Waals surface area contributed by atoms with E-state index >= 15 is 0 Å². The van der Waals surface area contributed by atoms with Gasteiger partial charge in [-0.05, 0) is 5.92 Å². The number of nitrogens with one attached hydrogen (secondary N) is 2. The van der Waals surface area contributed by atoms with Crippen molar-refractivity contribution in [2.24, 2.45) is 5.92 Å². The van der Waals surface area contributed by atoms with E-state index < -0.39 is 0 Å². The summed E-state index contributed by atoms with van der Waals surface area (Å²) in [5.41, 5.74) is 0. The largest absolute Gasteiger partial charge is 0.394 e. The average molecular weight is 202 g/mol. The van der Waals surface area contributed by atoms with Gasteiger partial charge in [-0.25, -0.2) is 0 Å². The summed E-state index contributed by atoms with van der Waals surface area (Å²) in [7, 11) is 0. The highest BCUT2D eigenvalue weighted by Gasteiger charge is 2.14. The Bertz CT molecular complexity index is 170. The topological polar surface area (TPSA) is 61.4 Å². The minimum atomic E-state index is -0.142. The molecular weight excluding hydrogens is 180 g/mol. The third-order valence-corrected chi connectivity index (χ3v) is 2.02. The minimum Gasteiger partial charge on any atom is -0.394 e. The molecule has 0 heterocycles. The molecule has 84 valence electrons. The summed E-state index contributed by atoms with van der Waals surface area (Å²) in [5, 5.41) is 14.8. The highest BCUT2D eigenvalue weighted by Crippen LogP contribution is 1.99. The van der Waals surface area contributed by atoms with Crippen LogP contribution in [0, 0.1) is 5.92 Å². The molecule has 0 saturated carbocycles. The molecule has 0 fully saturated rings. The van der Waals surface area contributed by atoms with Crippen molar-refractivity contribution in [2.45, 2.75) is 39.8 Å². The van der Waals surface area contributed by atoms with E-state index in [1.807, 2.05) is 27.7 Å². The van der Waals surface area contributed by atoms with Gasteiger partial charge >= 0.3 is 0 Å². The maximum atomic E-state index is 11.3. The number of rotatable bonds is 6. The molecule has 0 radical (unpaired) electrons. The molecule has 0 saturated heterocycles. The summed E-state index contributed by atoms with van der Waals surface area (Å²) in [5.74, 6) is 0.189. The molecule has 1 atom stereocenters. The van der Waals surface area contributed by atoms with Crippen LogP contribution >= 0.6 is 0 Å². The Morgan fingerprint density at radius 3 is 2.21 bits per heavy atom. The molecule has 1 amide bonds. The van der Waals surface area contributed by atoms with Crippen molar-refractivity contribution in [3.8, 4) is 0 Å². The molecular formula is C10H22N2O2. The van der Waals surface area contributed by atoms with E-state index in [2.05, 4.69) is 10.6 Å². The number of hydrogen-bond donors (Lipinski definition) is 3. The second-order valence-electron chi connectivity index (χ2n) is 4.14. The van der Waals surface area contributed by atoms with Crippen LogP contribution in [-0.2, 0) is 4.79 Å². The standard InChI is InChI=1S/C10H22N2O2/c1-7(2)9(6-13)12-10(14)5-11-8(3)4/h7-9,11,13H,5-6H2,1-4H3,(H,12,14). The van der Waals surface area contributed by atoms with Gasteiger partial charge in [0.1, 0.15) is 0 Å². The number of amides is 1. The molecule has 14 heavy (non-hydrogen) atoms. The van der Waals surface area contributed by atoms with E-state index in [9.17, 15) is 4.79 Å². The van der Waals surface area contributed by atoms with Gasteiger partial charge in [-0.1, -0.05) is 27.7 Å². The lowest BCUT2D eigenvalue weighted by Crippen LogP contribution is -2.45. The minimum absolute atomic E-state index is 0.00884. The van der Waals surface area contributed by atoms with E-state index in [0.717, 1.165) is 0 Å². The van der Waals surface area contributed by atoms with Gasteiger partial charge in [-0.15, -0.1) is 0 Å². The number of hydrogen-bond acceptors (Lipinski definition) is 3. The van der Waals surface area contributed by atoms with Crippen LogP contribution in [0.2, 0.25) is 0 Å². The van der Waals surface area contributed by atoms with Crippen LogP contribution in [0.5, 0.6) is 0 Å². The molecule has 0 spiro atoms. The first-order valence-electron chi connectivity index (χ1n) is 5.11. The summed E-state index contributed by atoms with van der Waals surface area (Å²) in [4.78, 5) is 11.3. The van der Waals surface area contributed by atoms with Crippen molar-refractivity contribution in [2.75, 3.05) is 13.2 Å². The Morgan fingerprint density at radius 2 is 1.86 bits per heavy atom. The fraction of sp³-hybridized carbons (Fsp3) is 0.900. The van der Waals surface area contributed by atoms with Crippen molar-refractivity contribution in [3.05, 3.63) is 0 Å². The van der Waals surface area contributed by atoms with Crippen molar-refractivity contribution < 1.29 is 9.90 Å². The zero-order valence-corrected chi connectivity index (χ0v) is 9.50. The van der Waals surface area contributed by atoms with Crippen LogP contribution < -0.4 is 10.6 Å². The number of carbonyl (C=O) groups is 1. The predicted octanol–water partition coefficient (Wildman–Crippen LogP) is 0.118. The Labute approximate surface area is 86.1 Å². The van der Waals surface area contributed by atoms with Gasteiger partial charge in [0.25, 0.3) is 0 Å². The smallest absolute Gasteiger partial charge is 0.234 e. The molecule has 1 unspecified atom stereocenters. The lowest BCUT2D eigenvalue weighted by molar-refractivity contribution is -0.121. The molecule has 0 bridgehead atoms. The normalized spacial score (nSPS) is 13.4. The molecule has 0 aromatic carbocycles. The summed E-state index contributed by atoms with van der Waals surface area (Å²) < 4.78 is 0. The fourth-order valence-electron chi connectivity index (χ4n) is 0.978. The lowest BCUT2D eigenvalue weighted by Gasteiger charge is -2.20. The number of carbonyl (C=O) groups excluding carboxylic acids is 1. The van der Waals surface area contributed by atoms with E-state index in [-0.39, 0.29) is 24.5 Å². The monoisotopic (exact) mass is 202 g/mol. The summed E-state index contributed by atoms with van der Waals surface area (Å²) in [6.07, 6.45) is 0. The Kier molecular flexibility index (Phi) is 6.49. The molecule has 3 N–H and O–H groups in total. The second kappa shape index (κ2) is 6.79. The van der Waals surface area contributed by atoms with Crippen molar-refractivity contribution in [1.82, 2.24) is 10.6 Å². The third-order valence-electron chi connectivity index (χ3n) is 2.02. The highest BCUT2D eigenvalue weighted by atomic mass is 16.3. The highest BCUT2D eigenvalue weighted by molar-refractivity contribution is 5.78. The lowest BCUT2D eigenvalue weighted by atomic mass is 10.1. The predicted molar refractivity (Wildman–Crippen MR) is 57.0 cm³/mol. The van der Waals surface area contributed by atoms with Crippen LogP contribution in [0.25, 0.3) is 0 Å². The van der Waals surface area contributed by atoms with E-state index in [0.29, 0.717) is 12.6 Å². The zero-order valence-electron chi connectivity index (χ0n) is 9.50. The van der Waals surface area contributed by atoms with Crippen molar-refractivity contribution in [3.63, 3.8) is 0 Å². The molecule has 0 aliphatic heterocycles. The summed E-state index contributed by atoms with van der Waals surface area (Å²) in [6, 6.07) is 0.156. The van der Waals surface area contributed by atoms with Gasteiger partial charge < -0.3 is 15.7 Å². The maximum Gasteiger partial charge on any atom is 0.234 e. The summed E-state index contributed by atoms with van der Waals surface area (Å²) in [6.45, 7) is 8.21. The molecule has 0 aliphatic rings. The van der Waals surface area contributed by atoms with Gasteiger partial charge in [-0.3, -0.25) is 4.79 Å². The van der Waals surface area contributed by atoms with Gasteiger partial charge in [0.2, 0.25) is 5.91 Å². The molecule has 0 rings (SSSR count). The first kappa shape index (κ1) is 13.4. The average Bonchev–Trinajstić information content (AvgIpc) is 2.10. The first-order chi connectivity index (χ1) is 6.47. The zero-order chi connectivity index (χ0) is 11.1. The molecule has 0 aromatic heterocycles. The third kappa shape index (κ3) is 5.94. The van der Waals surface area contributed by atoms with E-state index in [1.54, 1.807) is 0 Å². The van der Waals surface area contributed by atoms with Crippen LogP contribution in [0.4, 0.5) is 0 Å². The van der Waals surface area contributed by atoms with Crippen LogP contribution in [0.3, 0.4) is 0 Å². The summed E-state index contributed by atoms with van der Waals surface area (Å²) >= 11 is 0. The molecule has 4 nitrogen and oxygen atoms in total. The van der Waals surface area contributed by atoms with Crippen LogP contribution in [0.1, 0.15) is 27.7 Å². The second-order valence-corrected chi connectivity index (χ2v) is 4.14. The van der Waals surface area contributed by atoms with Crippen molar-refractivity contribution in [1.29, 1.82) is 0 Å². The Hall–Kier alpha value is -0.610. The van der Waals surface area contributed by atoms with Crippen LogP contribution in [-0.4, -0.2) is 36.2 Å². The molecule has 0 aliphatic carbocycles. The van der Waals surface area contributed by atoms with Crippen molar-refractivity contribution >= 4 is 5.91 Å².